The summed E-state index contributed by atoms with van der Waals surface area (Å²) in [5, 5.41) is 11.3. The minimum absolute atomic E-state index is 0.0628. The summed E-state index contributed by atoms with van der Waals surface area (Å²) < 4.78 is 10.9. The van der Waals surface area contributed by atoms with Gasteiger partial charge < -0.3 is 9.15 Å². The van der Waals surface area contributed by atoms with Crippen LogP contribution in [0.3, 0.4) is 0 Å². The van der Waals surface area contributed by atoms with Crippen molar-refractivity contribution in [3.8, 4) is 11.3 Å². The van der Waals surface area contributed by atoms with Crippen LogP contribution in [0, 0.1) is 10.1 Å². The molecule has 3 aromatic rings. The van der Waals surface area contributed by atoms with Crippen molar-refractivity contribution < 1.29 is 18.9 Å². The minimum atomic E-state index is -0.635. The van der Waals surface area contributed by atoms with E-state index in [1.807, 2.05) is 18.2 Å². The first-order chi connectivity index (χ1) is 13.5. The molecule has 1 aliphatic heterocycles. The van der Waals surface area contributed by atoms with E-state index in [1.165, 1.54) is 30.3 Å². The van der Waals surface area contributed by atoms with E-state index in [9.17, 15) is 14.9 Å². The van der Waals surface area contributed by atoms with Crippen LogP contribution in [0.2, 0.25) is 5.02 Å². The van der Waals surface area contributed by atoms with Crippen LogP contribution < -0.4 is 0 Å². The Kier molecular flexibility index (Phi) is 4.50. The maximum atomic E-state index is 12.1. The molecule has 2 aromatic carbocycles. The lowest BCUT2D eigenvalue weighted by Crippen LogP contribution is -2.05. The molecule has 1 aliphatic rings. The van der Waals surface area contributed by atoms with Gasteiger partial charge in [-0.3, -0.25) is 10.1 Å². The molecule has 7 nitrogen and oxygen atoms in total. The zero-order chi connectivity index (χ0) is 19.7. The van der Waals surface area contributed by atoms with Gasteiger partial charge in [0.15, 0.2) is 5.70 Å². The van der Waals surface area contributed by atoms with Gasteiger partial charge in [-0.25, -0.2) is 9.79 Å². The van der Waals surface area contributed by atoms with Gasteiger partial charge in [0.05, 0.1) is 9.95 Å². The second kappa shape index (κ2) is 7.13. The standard InChI is InChI=1S/C20H11ClN2O5/c21-16-4-2-1-3-15(16)18-10-9-14(27-18)11-17-20(24)28-19(22-17)12-5-7-13(8-6-12)23(25)26/h1-11H/b17-11-. The van der Waals surface area contributed by atoms with Crippen molar-refractivity contribution in [2.45, 2.75) is 0 Å². The molecule has 0 bridgehead atoms. The van der Waals surface area contributed by atoms with Gasteiger partial charge >= 0.3 is 5.97 Å². The largest absolute Gasteiger partial charge is 0.457 e. The van der Waals surface area contributed by atoms with Crippen LogP contribution in [0.25, 0.3) is 17.4 Å². The zero-order valence-corrected chi connectivity index (χ0v) is 14.9. The van der Waals surface area contributed by atoms with Crippen LogP contribution in [-0.4, -0.2) is 16.8 Å². The molecule has 0 atom stereocenters. The number of cyclic esters (lactones) is 1. The third kappa shape index (κ3) is 3.43. The molecule has 0 unspecified atom stereocenters. The third-order valence-corrected chi connectivity index (χ3v) is 4.32. The number of furan rings is 1. The number of esters is 1. The van der Waals surface area contributed by atoms with E-state index in [0.29, 0.717) is 22.1 Å². The summed E-state index contributed by atoms with van der Waals surface area (Å²) in [5.74, 6) is 0.409. The summed E-state index contributed by atoms with van der Waals surface area (Å²) >= 11 is 6.17. The highest BCUT2D eigenvalue weighted by Crippen LogP contribution is 2.30. The van der Waals surface area contributed by atoms with Crippen molar-refractivity contribution in [1.82, 2.24) is 0 Å². The third-order valence-electron chi connectivity index (χ3n) is 3.99. The summed E-state index contributed by atoms with van der Waals surface area (Å²) in [6, 6.07) is 16.3. The number of benzene rings is 2. The molecule has 0 saturated carbocycles. The number of nitrogens with zero attached hydrogens (tertiary/aromatic N) is 2. The zero-order valence-electron chi connectivity index (χ0n) is 14.2. The van der Waals surface area contributed by atoms with Crippen molar-refractivity contribution in [1.29, 1.82) is 0 Å². The molecule has 0 aliphatic carbocycles. The molecule has 0 saturated heterocycles. The number of carbonyl (C=O) groups is 1. The lowest BCUT2D eigenvalue weighted by molar-refractivity contribution is -0.384. The minimum Gasteiger partial charge on any atom is -0.457 e. The molecule has 2 heterocycles. The number of rotatable bonds is 4. The number of nitro benzene ring substituents is 1. The number of carbonyl (C=O) groups excluding carboxylic acids is 1. The molecule has 138 valence electrons. The van der Waals surface area contributed by atoms with Gasteiger partial charge in [0.25, 0.3) is 5.69 Å². The van der Waals surface area contributed by atoms with Crippen molar-refractivity contribution in [2.24, 2.45) is 4.99 Å². The van der Waals surface area contributed by atoms with Gasteiger partial charge in [-0.15, -0.1) is 0 Å². The molecule has 0 fully saturated rings. The Balaban J connectivity index is 1.61. The highest BCUT2D eigenvalue weighted by atomic mass is 35.5. The number of hydrogen-bond acceptors (Lipinski definition) is 6. The van der Waals surface area contributed by atoms with Crippen molar-refractivity contribution in [3.63, 3.8) is 0 Å². The topological polar surface area (TPSA) is 94.9 Å². The summed E-state index contributed by atoms with van der Waals surface area (Å²) in [6.45, 7) is 0. The molecular weight excluding hydrogens is 384 g/mol. The second-order valence-corrected chi connectivity index (χ2v) is 6.23. The molecule has 4 rings (SSSR count). The average Bonchev–Trinajstić information content (AvgIpc) is 3.30. The SMILES string of the molecule is O=C1OC(c2ccc([N+](=O)[O-])cc2)=N/C1=C\c1ccc(-c2ccccc2Cl)o1. The Bertz CT molecular complexity index is 1150. The van der Waals surface area contributed by atoms with Gasteiger partial charge in [-0.1, -0.05) is 23.7 Å². The Hall–Kier alpha value is -3.71. The highest BCUT2D eigenvalue weighted by Gasteiger charge is 2.25. The van der Waals surface area contributed by atoms with Crippen LogP contribution >= 0.6 is 11.6 Å². The molecule has 0 spiro atoms. The van der Waals surface area contributed by atoms with Crippen LogP contribution in [0.5, 0.6) is 0 Å². The van der Waals surface area contributed by atoms with Crippen molar-refractivity contribution >= 4 is 35.2 Å². The van der Waals surface area contributed by atoms with Crippen LogP contribution in [-0.2, 0) is 9.53 Å². The molecule has 28 heavy (non-hydrogen) atoms. The Labute approximate surface area is 163 Å². The smallest absolute Gasteiger partial charge is 0.363 e. The number of nitro groups is 1. The van der Waals surface area contributed by atoms with E-state index < -0.39 is 10.9 Å². The molecule has 0 N–H and O–H groups in total. The predicted octanol–water partition coefficient (Wildman–Crippen LogP) is 4.85. The van der Waals surface area contributed by atoms with Gasteiger partial charge in [0.2, 0.25) is 5.90 Å². The Morgan fingerprint density at radius 1 is 1.04 bits per heavy atom. The quantitative estimate of drug-likeness (QED) is 0.273. The van der Waals surface area contributed by atoms with E-state index >= 15 is 0 Å². The number of hydrogen-bond donors (Lipinski definition) is 0. The summed E-state index contributed by atoms with van der Waals surface area (Å²) in [6.07, 6.45) is 1.46. The lowest BCUT2D eigenvalue weighted by Gasteiger charge is -1.99. The predicted molar refractivity (Wildman–Crippen MR) is 103 cm³/mol. The van der Waals surface area contributed by atoms with Crippen molar-refractivity contribution in [2.75, 3.05) is 0 Å². The van der Waals surface area contributed by atoms with E-state index in [4.69, 9.17) is 20.8 Å². The fourth-order valence-corrected chi connectivity index (χ4v) is 2.86. The summed E-state index contributed by atoms with van der Waals surface area (Å²) in [5.41, 5.74) is 1.19. The van der Waals surface area contributed by atoms with E-state index in [2.05, 4.69) is 4.99 Å². The van der Waals surface area contributed by atoms with E-state index in [-0.39, 0.29) is 17.3 Å². The maximum Gasteiger partial charge on any atom is 0.363 e. The monoisotopic (exact) mass is 394 g/mol. The first-order valence-electron chi connectivity index (χ1n) is 8.13. The molecule has 1 aromatic heterocycles. The van der Waals surface area contributed by atoms with Crippen molar-refractivity contribution in [3.05, 3.63) is 92.8 Å². The van der Waals surface area contributed by atoms with Gasteiger partial charge in [0.1, 0.15) is 11.5 Å². The number of halogens is 1. The fourth-order valence-electron chi connectivity index (χ4n) is 2.63. The van der Waals surface area contributed by atoms with Gasteiger partial charge in [0, 0.05) is 29.3 Å². The van der Waals surface area contributed by atoms with Crippen LogP contribution in [0.1, 0.15) is 11.3 Å². The number of ether oxygens (including phenoxy) is 1. The molecule has 0 radical (unpaired) electrons. The van der Waals surface area contributed by atoms with E-state index in [1.54, 1.807) is 18.2 Å². The van der Waals surface area contributed by atoms with Crippen LogP contribution in [0.4, 0.5) is 5.69 Å². The average molecular weight is 395 g/mol. The fraction of sp³-hybridized carbons (Fsp3) is 0. The first-order valence-corrected chi connectivity index (χ1v) is 8.51. The first kappa shape index (κ1) is 17.7. The number of aliphatic imine (C=N–C) groups is 1. The highest BCUT2D eigenvalue weighted by molar-refractivity contribution is 6.33. The number of non-ortho nitro benzene ring substituents is 1. The Morgan fingerprint density at radius 3 is 2.50 bits per heavy atom. The maximum absolute atomic E-state index is 12.1. The van der Waals surface area contributed by atoms with Gasteiger partial charge in [-0.2, -0.15) is 0 Å². The normalized spacial score (nSPS) is 14.8. The molecule has 8 heteroatoms. The summed E-state index contributed by atoms with van der Waals surface area (Å²) in [4.78, 5) is 26.5. The second-order valence-electron chi connectivity index (χ2n) is 5.82. The van der Waals surface area contributed by atoms with Crippen LogP contribution in [0.15, 0.2) is 75.8 Å². The van der Waals surface area contributed by atoms with Gasteiger partial charge in [-0.05, 0) is 36.4 Å². The molecule has 0 amide bonds. The lowest BCUT2D eigenvalue weighted by atomic mass is 10.2. The Morgan fingerprint density at radius 2 is 1.79 bits per heavy atom. The summed E-state index contributed by atoms with van der Waals surface area (Å²) in [7, 11) is 0. The van der Waals surface area contributed by atoms with E-state index in [0.717, 1.165) is 5.56 Å². The molecular formula is C20H11ClN2O5.